The lowest BCUT2D eigenvalue weighted by molar-refractivity contribution is 0.102. The average Bonchev–Trinajstić information content (AvgIpc) is 3.30. The van der Waals surface area contributed by atoms with Crippen molar-refractivity contribution >= 4 is 23.1 Å². The van der Waals surface area contributed by atoms with Gasteiger partial charge in [-0.25, -0.2) is 19.3 Å². The molecule has 0 bridgehead atoms. The number of carbonyl (C=O) groups excluding carboxylic acids is 1. The maximum atomic E-state index is 14.2. The smallest absolute Gasteiger partial charge is 0.275 e. The van der Waals surface area contributed by atoms with Gasteiger partial charge >= 0.3 is 0 Å². The third-order valence-electron chi connectivity index (χ3n) is 5.66. The van der Waals surface area contributed by atoms with Crippen LogP contribution in [0.4, 0.5) is 15.9 Å². The molecule has 4 heterocycles. The molecule has 9 heteroatoms. The zero-order valence-electron chi connectivity index (χ0n) is 16.8. The molecule has 2 N–H and O–H groups in total. The lowest BCUT2D eigenvalue weighted by Gasteiger charge is -2.17. The Labute approximate surface area is 173 Å². The van der Waals surface area contributed by atoms with E-state index >= 15 is 0 Å². The first-order valence-corrected chi connectivity index (χ1v) is 10.3. The SMILES string of the molecule is Cc1cn2cc(NC(=O)c3cnc(N4CCC(NCC5CC5)C4)cn3)cc(F)c2n1. The van der Waals surface area contributed by atoms with E-state index in [0.29, 0.717) is 17.4 Å². The summed E-state index contributed by atoms with van der Waals surface area (Å²) < 4.78 is 15.8. The van der Waals surface area contributed by atoms with E-state index in [4.69, 9.17) is 0 Å². The molecule has 30 heavy (non-hydrogen) atoms. The molecular formula is C21H24FN7O. The molecule has 0 aromatic carbocycles. The number of hydrogen-bond acceptors (Lipinski definition) is 6. The van der Waals surface area contributed by atoms with Crippen molar-refractivity contribution in [2.75, 3.05) is 29.9 Å². The Morgan fingerprint density at radius 3 is 2.87 bits per heavy atom. The van der Waals surface area contributed by atoms with Gasteiger partial charge in [-0.05, 0) is 38.6 Å². The highest BCUT2D eigenvalue weighted by atomic mass is 19.1. The van der Waals surface area contributed by atoms with Crippen LogP contribution in [0.25, 0.3) is 5.65 Å². The van der Waals surface area contributed by atoms with E-state index in [0.717, 1.165) is 37.8 Å². The minimum absolute atomic E-state index is 0.184. The van der Waals surface area contributed by atoms with Gasteiger partial charge < -0.3 is 19.9 Å². The first-order valence-electron chi connectivity index (χ1n) is 10.3. The fraction of sp³-hybridized carbons (Fsp3) is 0.429. The van der Waals surface area contributed by atoms with Crippen LogP contribution in [0.15, 0.2) is 30.9 Å². The second-order valence-corrected chi connectivity index (χ2v) is 8.19. The summed E-state index contributed by atoms with van der Waals surface area (Å²) in [4.78, 5) is 27.5. The van der Waals surface area contributed by atoms with Gasteiger partial charge in [0.15, 0.2) is 11.5 Å². The van der Waals surface area contributed by atoms with Gasteiger partial charge in [0.1, 0.15) is 11.5 Å². The number of carbonyl (C=O) groups is 1. The number of nitrogens with zero attached hydrogens (tertiary/aromatic N) is 5. The Morgan fingerprint density at radius 1 is 1.23 bits per heavy atom. The summed E-state index contributed by atoms with van der Waals surface area (Å²) >= 11 is 0. The Balaban J connectivity index is 1.22. The number of hydrogen-bond donors (Lipinski definition) is 2. The minimum atomic E-state index is -0.499. The number of halogens is 1. The van der Waals surface area contributed by atoms with E-state index < -0.39 is 11.7 Å². The zero-order valence-corrected chi connectivity index (χ0v) is 16.8. The third-order valence-corrected chi connectivity index (χ3v) is 5.66. The van der Waals surface area contributed by atoms with Gasteiger partial charge in [0.2, 0.25) is 0 Å². The molecule has 1 saturated carbocycles. The molecule has 1 aliphatic carbocycles. The molecule has 1 amide bonds. The fourth-order valence-corrected chi connectivity index (χ4v) is 3.83. The third kappa shape index (κ3) is 3.97. The summed E-state index contributed by atoms with van der Waals surface area (Å²) in [5, 5.41) is 6.30. The van der Waals surface area contributed by atoms with E-state index in [9.17, 15) is 9.18 Å². The summed E-state index contributed by atoms with van der Waals surface area (Å²) in [5.41, 5.74) is 1.44. The highest BCUT2D eigenvalue weighted by Crippen LogP contribution is 2.28. The summed E-state index contributed by atoms with van der Waals surface area (Å²) in [7, 11) is 0. The topological polar surface area (TPSA) is 87.5 Å². The lowest BCUT2D eigenvalue weighted by atomic mass is 10.2. The van der Waals surface area contributed by atoms with Crippen molar-refractivity contribution in [3.05, 3.63) is 48.1 Å². The monoisotopic (exact) mass is 409 g/mol. The van der Waals surface area contributed by atoms with E-state index in [1.807, 2.05) is 0 Å². The fourth-order valence-electron chi connectivity index (χ4n) is 3.83. The number of amides is 1. The molecule has 0 spiro atoms. The highest BCUT2D eigenvalue weighted by molar-refractivity contribution is 6.02. The van der Waals surface area contributed by atoms with Gasteiger partial charge in [-0.3, -0.25) is 4.79 Å². The molecule has 2 aliphatic rings. The molecule has 5 rings (SSSR count). The molecule has 1 unspecified atom stereocenters. The predicted octanol–water partition coefficient (Wildman–Crippen LogP) is 2.40. The van der Waals surface area contributed by atoms with Crippen molar-refractivity contribution in [1.29, 1.82) is 0 Å². The van der Waals surface area contributed by atoms with Crippen molar-refractivity contribution in [3.8, 4) is 0 Å². The largest absolute Gasteiger partial charge is 0.354 e. The van der Waals surface area contributed by atoms with Gasteiger partial charge in [-0.1, -0.05) is 0 Å². The molecule has 3 aromatic heterocycles. The number of rotatable bonds is 6. The maximum absolute atomic E-state index is 14.2. The number of imidazole rings is 1. The first-order chi connectivity index (χ1) is 14.5. The van der Waals surface area contributed by atoms with Crippen LogP contribution in [0.1, 0.15) is 35.4 Å². The van der Waals surface area contributed by atoms with Gasteiger partial charge in [0, 0.05) is 37.6 Å². The number of nitrogens with one attached hydrogen (secondary N) is 2. The van der Waals surface area contributed by atoms with Crippen LogP contribution in [-0.2, 0) is 0 Å². The molecule has 0 radical (unpaired) electrons. The number of aryl methyl sites for hydroxylation is 1. The Bertz CT molecular complexity index is 1080. The number of aromatic nitrogens is 4. The van der Waals surface area contributed by atoms with Crippen LogP contribution >= 0.6 is 0 Å². The van der Waals surface area contributed by atoms with Gasteiger partial charge in [-0.15, -0.1) is 0 Å². The molecule has 2 fully saturated rings. The van der Waals surface area contributed by atoms with E-state index in [2.05, 4.69) is 30.5 Å². The maximum Gasteiger partial charge on any atom is 0.275 e. The Morgan fingerprint density at radius 2 is 2.10 bits per heavy atom. The van der Waals surface area contributed by atoms with Crippen LogP contribution in [-0.4, -0.2) is 50.9 Å². The minimum Gasteiger partial charge on any atom is -0.354 e. The van der Waals surface area contributed by atoms with Crippen molar-refractivity contribution in [2.24, 2.45) is 5.92 Å². The summed E-state index contributed by atoms with van der Waals surface area (Å²) in [6, 6.07) is 1.73. The molecule has 3 aromatic rings. The quantitative estimate of drug-likeness (QED) is 0.650. The predicted molar refractivity (Wildman–Crippen MR) is 111 cm³/mol. The Kier molecular flexibility index (Phi) is 4.82. The molecule has 156 valence electrons. The second-order valence-electron chi connectivity index (χ2n) is 8.19. The normalized spacial score (nSPS) is 18.9. The van der Waals surface area contributed by atoms with Crippen molar-refractivity contribution in [3.63, 3.8) is 0 Å². The number of pyridine rings is 1. The standard InChI is InChI=1S/C21H24FN7O/c1-13-10-29-12-16(6-17(22)20(29)26-13)27-21(30)18-8-25-19(9-24-18)28-5-4-15(11-28)23-7-14-2-3-14/h6,8-10,12,14-15,23H,2-5,7,11H2,1H3,(H,27,30). The van der Waals surface area contributed by atoms with Crippen LogP contribution in [0.3, 0.4) is 0 Å². The van der Waals surface area contributed by atoms with Crippen LogP contribution in [0.2, 0.25) is 0 Å². The van der Waals surface area contributed by atoms with Crippen molar-refractivity contribution in [1.82, 2.24) is 24.7 Å². The number of fused-ring (bicyclic) bond motifs is 1. The van der Waals surface area contributed by atoms with E-state index in [1.54, 1.807) is 29.9 Å². The lowest BCUT2D eigenvalue weighted by Crippen LogP contribution is -2.34. The first kappa shape index (κ1) is 18.9. The van der Waals surface area contributed by atoms with Crippen LogP contribution in [0.5, 0.6) is 0 Å². The van der Waals surface area contributed by atoms with E-state index in [-0.39, 0.29) is 11.3 Å². The number of anilines is 2. The van der Waals surface area contributed by atoms with Gasteiger partial charge in [-0.2, -0.15) is 0 Å². The highest BCUT2D eigenvalue weighted by Gasteiger charge is 2.27. The summed E-state index contributed by atoms with van der Waals surface area (Å²) in [5.74, 6) is 0.698. The molecule has 1 atom stereocenters. The van der Waals surface area contributed by atoms with Gasteiger partial charge in [0.25, 0.3) is 5.91 Å². The second kappa shape index (κ2) is 7.64. The average molecular weight is 409 g/mol. The molecule has 1 aliphatic heterocycles. The molecule has 1 saturated heterocycles. The molecule has 8 nitrogen and oxygen atoms in total. The van der Waals surface area contributed by atoms with Crippen LogP contribution in [0, 0.1) is 18.7 Å². The van der Waals surface area contributed by atoms with Gasteiger partial charge in [0.05, 0.1) is 23.8 Å². The van der Waals surface area contributed by atoms with Crippen molar-refractivity contribution < 1.29 is 9.18 Å². The summed E-state index contributed by atoms with van der Waals surface area (Å²) in [6.07, 6.45) is 10.2. The van der Waals surface area contributed by atoms with Crippen LogP contribution < -0.4 is 15.5 Å². The van der Waals surface area contributed by atoms with E-state index in [1.165, 1.54) is 25.1 Å². The summed E-state index contributed by atoms with van der Waals surface area (Å²) in [6.45, 7) is 4.71. The zero-order chi connectivity index (χ0) is 20.7. The van der Waals surface area contributed by atoms with Crippen molar-refractivity contribution in [2.45, 2.75) is 32.2 Å². The molecular weight excluding hydrogens is 385 g/mol. The Hall–Kier alpha value is -3.07.